The zero-order chi connectivity index (χ0) is 13.5. The first kappa shape index (κ1) is 11.2. The summed E-state index contributed by atoms with van der Waals surface area (Å²) in [6.45, 7) is 0. The summed E-state index contributed by atoms with van der Waals surface area (Å²) in [4.78, 5) is 10.6. The monoisotopic (exact) mass is 256 g/mol. The molecule has 1 aliphatic carbocycles. The van der Waals surface area contributed by atoms with Gasteiger partial charge in [0.2, 0.25) is 0 Å². The molecule has 0 bridgehead atoms. The topological polar surface area (TPSA) is 17.1 Å². The van der Waals surface area contributed by atoms with Crippen LogP contribution in [0.2, 0.25) is 0 Å². The number of carbonyl (C=O) groups excluding carboxylic acids is 1. The number of rotatable bonds is 2. The van der Waals surface area contributed by atoms with Gasteiger partial charge in [-0.3, -0.25) is 4.79 Å². The highest BCUT2D eigenvalue weighted by Gasteiger charge is 2.24. The van der Waals surface area contributed by atoms with Crippen molar-refractivity contribution in [3.05, 3.63) is 82.9 Å². The second-order valence-corrected chi connectivity index (χ2v) is 5.09. The summed E-state index contributed by atoms with van der Waals surface area (Å²) in [5, 5.41) is 2.57. The Bertz CT molecular complexity index is 810. The molecule has 3 aromatic rings. The summed E-state index contributed by atoms with van der Waals surface area (Å²) in [6.07, 6.45) is 3.05. The van der Waals surface area contributed by atoms with Crippen LogP contribution >= 0.6 is 0 Å². The zero-order valence-electron chi connectivity index (χ0n) is 10.8. The molecule has 0 amide bonds. The van der Waals surface area contributed by atoms with Crippen LogP contribution in [0.25, 0.3) is 22.4 Å². The van der Waals surface area contributed by atoms with E-state index < -0.39 is 0 Å². The predicted molar refractivity (Wildman–Crippen MR) is 82.8 cm³/mol. The van der Waals surface area contributed by atoms with Gasteiger partial charge in [-0.15, -0.1) is 0 Å². The standard InChI is InChI=1S/C19H12O/c20-12-14-7-5-13(6-8-14)9-17-18-10-15-3-1-2-4-16(15)11-19(17)18/h1-12H. The first-order chi connectivity index (χ1) is 9.85. The number of hydrogen-bond donors (Lipinski definition) is 0. The Balaban J connectivity index is 1.74. The molecule has 1 aliphatic rings. The van der Waals surface area contributed by atoms with Gasteiger partial charge < -0.3 is 0 Å². The van der Waals surface area contributed by atoms with Gasteiger partial charge >= 0.3 is 0 Å². The Hall–Kier alpha value is -2.67. The minimum atomic E-state index is 0.714. The molecule has 94 valence electrons. The molecule has 0 saturated heterocycles. The molecule has 0 aromatic heterocycles. The van der Waals surface area contributed by atoms with Crippen molar-refractivity contribution in [3.8, 4) is 0 Å². The first-order valence-electron chi connectivity index (χ1n) is 6.66. The highest BCUT2D eigenvalue weighted by molar-refractivity contribution is 6.12. The van der Waals surface area contributed by atoms with Gasteiger partial charge in [-0.2, -0.15) is 0 Å². The Morgan fingerprint density at radius 2 is 1.25 bits per heavy atom. The van der Waals surface area contributed by atoms with Crippen molar-refractivity contribution in [3.63, 3.8) is 0 Å². The SMILES string of the molecule is O=Cc1ccc(C=C2c3cc4ccccc4cc32)cc1. The molecular formula is C19H12O. The molecule has 0 atom stereocenters. The van der Waals surface area contributed by atoms with E-state index in [1.807, 2.05) is 24.3 Å². The van der Waals surface area contributed by atoms with Crippen LogP contribution in [0.4, 0.5) is 0 Å². The van der Waals surface area contributed by atoms with E-state index in [1.165, 1.54) is 27.5 Å². The number of hydrogen-bond acceptors (Lipinski definition) is 1. The van der Waals surface area contributed by atoms with Gasteiger partial charge in [0.05, 0.1) is 0 Å². The van der Waals surface area contributed by atoms with E-state index in [4.69, 9.17) is 0 Å². The van der Waals surface area contributed by atoms with E-state index in [-0.39, 0.29) is 0 Å². The van der Waals surface area contributed by atoms with Crippen molar-refractivity contribution in [2.24, 2.45) is 0 Å². The fourth-order valence-corrected chi connectivity index (χ4v) is 2.62. The molecular weight excluding hydrogens is 244 g/mol. The van der Waals surface area contributed by atoms with Crippen LogP contribution in [0.5, 0.6) is 0 Å². The summed E-state index contributed by atoms with van der Waals surface area (Å²) < 4.78 is 0. The molecule has 0 saturated carbocycles. The Morgan fingerprint density at radius 3 is 1.80 bits per heavy atom. The minimum Gasteiger partial charge on any atom is -0.298 e. The Morgan fingerprint density at radius 1 is 0.700 bits per heavy atom. The summed E-state index contributed by atoms with van der Waals surface area (Å²) in [7, 11) is 0. The lowest BCUT2D eigenvalue weighted by atomic mass is 10.1. The first-order valence-corrected chi connectivity index (χ1v) is 6.66. The molecule has 0 spiro atoms. The van der Waals surface area contributed by atoms with Gasteiger partial charge in [0.15, 0.2) is 0 Å². The third kappa shape index (κ3) is 1.76. The van der Waals surface area contributed by atoms with E-state index in [0.29, 0.717) is 5.56 Å². The average molecular weight is 256 g/mol. The van der Waals surface area contributed by atoms with Crippen LogP contribution in [-0.2, 0) is 0 Å². The van der Waals surface area contributed by atoms with Crippen molar-refractivity contribution >= 4 is 28.7 Å². The van der Waals surface area contributed by atoms with E-state index >= 15 is 0 Å². The highest BCUT2D eigenvalue weighted by Crippen LogP contribution is 2.45. The van der Waals surface area contributed by atoms with Crippen molar-refractivity contribution in [1.82, 2.24) is 0 Å². The molecule has 3 aromatic carbocycles. The smallest absolute Gasteiger partial charge is 0.150 e. The van der Waals surface area contributed by atoms with E-state index in [9.17, 15) is 4.79 Å². The second kappa shape index (κ2) is 4.17. The molecule has 20 heavy (non-hydrogen) atoms. The van der Waals surface area contributed by atoms with E-state index in [1.54, 1.807) is 0 Å². The van der Waals surface area contributed by atoms with Crippen LogP contribution in [0.15, 0.2) is 60.7 Å². The van der Waals surface area contributed by atoms with Gasteiger partial charge in [0.25, 0.3) is 0 Å². The maximum atomic E-state index is 10.6. The van der Waals surface area contributed by atoms with Gasteiger partial charge in [-0.25, -0.2) is 0 Å². The van der Waals surface area contributed by atoms with Gasteiger partial charge in [-0.05, 0) is 51.2 Å². The lowest BCUT2D eigenvalue weighted by Crippen LogP contribution is -1.78. The molecule has 0 fully saturated rings. The lowest BCUT2D eigenvalue weighted by molar-refractivity contribution is 0.112. The Labute approximate surface area is 117 Å². The maximum Gasteiger partial charge on any atom is 0.150 e. The van der Waals surface area contributed by atoms with Crippen molar-refractivity contribution in [2.75, 3.05) is 0 Å². The van der Waals surface area contributed by atoms with Gasteiger partial charge in [0.1, 0.15) is 6.29 Å². The molecule has 1 nitrogen and oxygen atoms in total. The number of fused-ring (bicyclic) bond motifs is 2. The van der Waals surface area contributed by atoms with Gasteiger partial charge in [0, 0.05) is 5.56 Å². The zero-order valence-corrected chi connectivity index (χ0v) is 10.8. The molecule has 0 aliphatic heterocycles. The number of aldehydes is 1. The fraction of sp³-hybridized carbons (Fsp3) is 0. The summed E-state index contributed by atoms with van der Waals surface area (Å²) in [5.41, 5.74) is 5.82. The average Bonchev–Trinajstić information content (AvgIpc) is 3.17. The van der Waals surface area contributed by atoms with Crippen molar-refractivity contribution in [1.29, 1.82) is 0 Å². The summed E-state index contributed by atoms with van der Waals surface area (Å²) >= 11 is 0. The molecule has 4 rings (SSSR count). The fourth-order valence-electron chi connectivity index (χ4n) is 2.62. The third-order valence-electron chi connectivity index (χ3n) is 3.79. The summed E-state index contributed by atoms with van der Waals surface area (Å²) in [5.74, 6) is 0. The molecule has 0 N–H and O–H groups in total. The lowest BCUT2D eigenvalue weighted by Gasteiger charge is -1.92. The van der Waals surface area contributed by atoms with E-state index in [0.717, 1.165) is 11.8 Å². The van der Waals surface area contributed by atoms with E-state index in [2.05, 4.69) is 42.5 Å². The van der Waals surface area contributed by atoms with Crippen LogP contribution in [0.1, 0.15) is 27.0 Å². The molecule has 0 heterocycles. The Kier molecular flexibility index (Phi) is 2.33. The van der Waals surface area contributed by atoms with Crippen LogP contribution < -0.4 is 0 Å². The highest BCUT2D eigenvalue weighted by atomic mass is 16.1. The van der Waals surface area contributed by atoms with Gasteiger partial charge in [-0.1, -0.05) is 48.5 Å². The molecule has 0 radical (unpaired) electrons. The largest absolute Gasteiger partial charge is 0.298 e. The van der Waals surface area contributed by atoms with Crippen LogP contribution in [-0.4, -0.2) is 6.29 Å². The summed E-state index contributed by atoms with van der Waals surface area (Å²) in [6, 6.07) is 20.6. The third-order valence-corrected chi connectivity index (χ3v) is 3.79. The van der Waals surface area contributed by atoms with Crippen molar-refractivity contribution in [2.45, 2.75) is 0 Å². The number of carbonyl (C=O) groups is 1. The quantitative estimate of drug-likeness (QED) is 0.481. The van der Waals surface area contributed by atoms with Crippen LogP contribution in [0, 0.1) is 0 Å². The van der Waals surface area contributed by atoms with Crippen LogP contribution in [0.3, 0.4) is 0 Å². The second-order valence-electron chi connectivity index (χ2n) is 5.09. The maximum absolute atomic E-state index is 10.6. The van der Waals surface area contributed by atoms with Crippen molar-refractivity contribution < 1.29 is 4.79 Å². The molecule has 0 unspecified atom stereocenters. The minimum absolute atomic E-state index is 0.714. The number of benzene rings is 3. The predicted octanol–water partition coefficient (Wildman–Crippen LogP) is 4.55. The normalized spacial score (nSPS) is 12.1. The molecule has 1 heteroatoms.